The first kappa shape index (κ1) is 22.0. The summed E-state index contributed by atoms with van der Waals surface area (Å²) < 4.78 is 3.31. The van der Waals surface area contributed by atoms with Gasteiger partial charge >= 0.3 is 0 Å². The van der Waals surface area contributed by atoms with Gasteiger partial charge in [-0.25, -0.2) is 0 Å². The first-order valence-electron chi connectivity index (χ1n) is 11.6. The second-order valence-corrected chi connectivity index (χ2v) is 8.92. The quantitative estimate of drug-likeness (QED) is 0.461. The Balaban J connectivity index is 1.43. The van der Waals surface area contributed by atoms with Crippen LogP contribution in [0.25, 0.3) is 16.9 Å². The van der Waals surface area contributed by atoms with E-state index in [1.54, 1.807) is 12.4 Å². The van der Waals surface area contributed by atoms with Crippen molar-refractivity contribution >= 4 is 5.91 Å². The predicted molar refractivity (Wildman–Crippen MR) is 130 cm³/mol. The molecule has 2 aromatic rings. The van der Waals surface area contributed by atoms with Gasteiger partial charge in [-0.05, 0) is 38.1 Å². The van der Waals surface area contributed by atoms with Gasteiger partial charge in [0.05, 0.1) is 22.5 Å². The summed E-state index contributed by atoms with van der Waals surface area (Å²) in [5.74, 6) is -0.0878. The van der Waals surface area contributed by atoms with Crippen molar-refractivity contribution in [2.45, 2.75) is 26.4 Å². The molecule has 1 saturated heterocycles. The number of rotatable bonds is 5. The Bertz CT molecular complexity index is 1300. The Labute approximate surface area is 198 Å². The van der Waals surface area contributed by atoms with Crippen LogP contribution in [-0.4, -0.2) is 61.2 Å². The zero-order valence-electron chi connectivity index (χ0n) is 19.5. The highest BCUT2D eigenvalue weighted by Crippen LogP contribution is 2.25. The average molecular weight is 457 g/mol. The van der Waals surface area contributed by atoms with E-state index in [0.29, 0.717) is 35.6 Å². The summed E-state index contributed by atoms with van der Waals surface area (Å²) in [5.41, 5.74) is 2.87. The van der Waals surface area contributed by atoms with E-state index >= 15 is 0 Å². The van der Waals surface area contributed by atoms with E-state index in [2.05, 4.69) is 15.0 Å². The van der Waals surface area contributed by atoms with E-state index in [0.717, 1.165) is 25.3 Å². The van der Waals surface area contributed by atoms with E-state index in [1.807, 2.05) is 78.0 Å². The lowest BCUT2D eigenvalue weighted by atomic mass is 10.1. The fourth-order valence-electron chi connectivity index (χ4n) is 4.33. The van der Waals surface area contributed by atoms with Gasteiger partial charge in [0.1, 0.15) is 5.69 Å². The van der Waals surface area contributed by atoms with Gasteiger partial charge in [0.2, 0.25) is 0 Å². The van der Waals surface area contributed by atoms with E-state index in [-0.39, 0.29) is 17.5 Å². The van der Waals surface area contributed by atoms with Crippen molar-refractivity contribution in [1.29, 1.82) is 0 Å². The molecule has 0 aliphatic carbocycles. The molecule has 34 heavy (non-hydrogen) atoms. The van der Waals surface area contributed by atoms with Crippen molar-refractivity contribution < 1.29 is 4.79 Å². The number of amides is 1. The zero-order valence-corrected chi connectivity index (χ0v) is 19.5. The topological polar surface area (TPSA) is 76.3 Å². The average Bonchev–Trinajstić information content (AvgIpc) is 3.21. The number of hydrogen-bond donors (Lipinski definition) is 0. The summed E-state index contributed by atoms with van der Waals surface area (Å²) in [7, 11) is 0. The molecule has 4 heterocycles. The summed E-state index contributed by atoms with van der Waals surface area (Å²) in [4.78, 5) is 35.4. The van der Waals surface area contributed by atoms with Crippen molar-refractivity contribution in [2.75, 3.05) is 26.2 Å². The van der Waals surface area contributed by atoms with Crippen molar-refractivity contribution in [2.24, 2.45) is 0 Å². The Morgan fingerprint density at radius 1 is 0.971 bits per heavy atom. The van der Waals surface area contributed by atoms with Crippen LogP contribution in [0.4, 0.5) is 0 Å². The molecule has 0 bridgehead atoms. The monoisotopic (exact) mass is 456 g/mol. The van der Waals surface area contributed by atoms with Crippen molar-refractivity contribution in [3.63, 3.8) is 0 Å². The number of para-hydroxylation sites is 1. The van der Waals surface area contributed by atoms with E-state index in [4.69, 9.17) is 0 Å². The second kappa shape index (κ2) is 9.23. The number of hydrogen-bond acceptors (Lipinski definition) is 5. The lowest BCUT2D eigenvalue weighted by Gasteiger charge is -2.34. The van der Waals surface area contributed by atoms with Crippen LogP contribution in [0, 0.1) is 0 Å². The summed E-state index contributed by atoms with van der Waals surface area (Å²) in [5, 5.41) is 4.59. The molecule has 0 unspecified atom stereocenters. The largest absolute Gasteiger partial charge is 0.350 e. The molecule has 3 aliphatic rings. The van der Waals surface area contributed by atoms with Crippen LogP contribution in [-0.2, 0) is 6.54 Å². The lowest BCUT2D eigenvalue weighted by Crippen LogP contribution is -2.48. The number of carbonyl (C=O) groups is 1. The van der Waals surface area contributed by atoms with E-state index < -0.39 is 0 Å². The van der Waals surface area contributed by atoms with Crippen molar-refractivity contribution in [3.8, 4) is 16.9 Å². The molecule has 1 fully saturated rings. The Kier molecular flexibility index (Phi) is 5.98. The molecule has 0 N–H and O–H groups in total. The highest BCUT2D eigenvalue weighted by molar-refractivity contribution is 6.00. The normalized spacial score (nSPS) is 14.7. The fraction of sp³-hybridized carbons (Fsp3) is 0.308. The molecule has 0 saturated carbocycles. The molecule has 1 aromatic carbocycles. The van der Waals surface area contributed by atoms with Crippen LogP contribution < -0.4 is 5.56 Å². The molecule has 174 valence electrons. The van der Waals surface area contributed by atoms with Crippen LogP contribution in [0.15, 0.2) is 71.9 Å². The van der Waals surface area contributed by atoms with E-state index in [1.165, 1.54) is 4.68 Å². The van der Waals surface area contributed by atoms with Crippen LogP contribution in [0.2, 0.25) is 0 Å². The molecule has 0 atom stereocenters. The Morgan fingerprint density at radius 3 is 2.38 bits per heavy atom. The Morgan fingerprint density at radius 2 is 1.71 bits per heavy atom. The van der Waals surface area contributed by atoms with Gasteiger partial charge in [-0.3, -0.25) is 19.5 Å². The number of fused-ring (bicyclic) bond motifs is 1. The molecule has 1 aromatic heterocycles. The number of carbonyl (C=O) groups excluding carboxylic acids is 1. The van der Waals surface area contributed by atoms with Gasteiger partial charge < -0.3 is 9.47 Å². The number of nitrogens with zero attached hydrogens (tertiary/aromatic N) is 6. The Hall–Kier alpha value is -3.78. The van der Waals surface area contributed by atoms with Gasteiger partial charge in [-0.15, -0.1) is 0 Å². The van der Waals surface area contributed by atoms with Crippen LogP contribution in [0.1, 0.15) is 35.9 Å². The van der Waals surface area contributed by atoms with Gasteiger partial charge in [0.15, 0.2) is 0 Å². The second-order valence-electron chi connectivity index (χ2n) is 8.92. The molecular weight excluding hydrogens is 428 g/mol. The van der Waals surface area contributed by atoms with Crippen LogP contribution in [0.3, 0.4) is 0 Å². The van der Waals surface area contributed by atoms with Gasteiger partial charge in [0, 0.05) is 57.4 Å². The van der Waals surface area contributed by atoms with Crippen LogP contribution >= 0.6 is 0 Å². The van der Waals surface area contributed by atoms with E-state index in [9.17, 15) is 9.59 Å². The molecule has 0 radical (unpaired) electrons. The zero-order chi connectivity index (χ0) is 23.7. The highest BCUT2D eigenvalue weighted by atomic mass is 16.2. The fourth-order valence-corrected chi connectivity index (χ4v) is 4.33. The maximum Gasteiger partial charge on any atom is 0.282 e. The smallest absolute Gasteiger partial charge is 0.282 e. The van der Waals surface area contributed by atoms with Crippen molar-refractivity contribution in [3.05, 3.63) is 88.7 Å². The first-order valence-corrected chi connectivity index (χ1v) is 11.6. The highest BCUT2D eigenvalue weighted by Gasteiger charge is 2.29. The SMILES string of the molecule is CC(C)n1cc(C(=O)N2CCN(Cc3ccccn3)CC2)c2nn(-c3ccccc3)c(=O)c-2c1. The number of aromatic nitrogens is 4. The molecule has 5 rings (SSSR count). The molecule has 1 amide bonds. The summed E-state index contributed by atoms with van der Waals surface area (Å²) in [6, 6.07) is 15.3. The standard InChI is InChI=1S/C26H28N6O2/c1-19(2)31-17-22(24-23(18-31)26(34)32(28-24)21-9-4-3-5-10-21)25(33)30-14-12-29(13-15-30)16-20-8-6-7-11-27-20/h3-11,17-19H,12-16H2,1-2H3. The third kappa shape index (κ3) is 4.24. The van der Waals surface area contributed by atoms with Gasteiger partial charge in [-0.1, -0.05) is 24.3 Å². The number of benzene rings is 1. The van der Waals surface area contributed by atoms with Gasteiger partial charge in [-0.2, -0.15) is 9.78 Å². The lowest BCUT2D eigenvalue weighted by molar-refractivity contribution is 0.0626. The molecule has 3 aliphatic heterocycles. The minimum Gasteiger partial charge on any atom is -0.350 e. The number of pyridine rings is 2. The third-order valence-electron chi connectivity index (χ3n) is 6.29. The first-order chi connectivity index (χ1) is 16.5. The molecule has 0 spiro atoms. The summed E-state index contributed by atoms with van der Waals surface area (Å²) in [6.45, 7) is 7.61. The molecular formula is C26H28N6O2. The minimum atomic E-state index is -0.217. The third-order valence-corrected chi connectivity index (χ3v) is 6.29. The molecule has 8 nitrogen and oxygen atoms in total. The minimum absolute atomic E-state index is 0.0878. The predicted octanol–water partition coefficient (Wildman–Crippen LogP) is 3.07. The summed E-state index contributed by atoms with van der Waals surface area (Å²) >= 11 is 0. The summed E-state index contributed by atoms with van der Waals surface area (Å²) in [6.07, 6.45) is 5.44. The van der Waals surface area contributed by atoms with Crippen LogP contribution in [0.5, 0.6) is 0 Å². The number of piperazine rings is 1. The molecule has 8 heteroatoms. The van der Waals surface area contributed by atoms with Crippen molar-refractivity contribution in [1.82, 2.24) is 29.1 Å². The maximum atomic E-state index is 13.6. The van der Waals surface area contributed by atoms with Gasteiger partial charge in [0.25, 0.3) is 11.5 Å². The maximum absolute atomic E-state index is 13.6.